The number of nitrogens with one attached hydrogen (secondary N) is 3. The van der Waals surface area contributed by atoms with Crippen LogP contribution in [0.1, 0.15) is 42.3 Å². The Kier molecular flexibility index (Phi) is 8.76. The van der Waals surface area contributed by atoms with Gasteiger partial charge in [0.2, 0.25) is 17.5 Å². The van der Waals surface area contributed by atoms with Crippen molar-refractivity contribution in [2.75, 3.05) is 33.4 Å². The fourth-order valence-corrected chi connectivity index (χ4v) is 7.15. The molecule has 0 atom stereocenters. The van der Waals surface area contributed by atoms with E-state index in [1.54, 1.807) is 5.48 Å². The van der Waals surface area contributed by atoms with Crippen LogP contribution in [-0.2, 0) is 19.7 Å². The molecule has 0 bridgehead atoms. The molecule has 19 nitrogen and oxygen atoms in total. The Morgan fingerprint density at radius 3 is 2.09 bits per heavy atom. The molecule has 54 heavy (non-hydrogen) atoms. The molecule has 2 aromatic carbocycles. The third-order valence-electron chi connectivity index (χ3n) is 7.11. The molecule has 2 saturated heterocycles. The van der Waals surface area contributed by atoms with Crippen molar-refractivity contribution in [3.8, 4) is 17.2 Å². The number of benzene rings is 2. The van der Waals surface area contributed by atoms with Gasteiger partial charge in [-0.3, -0.25) is 15.2 Å². The van der Waals surface area contributed by atoms with Crippen LogP contribution in [0, 0.1) is 11.6 Å². The SMILES string of the molecule is [2H]C1([2H])CC(Nc2nonc2C(=Nc2ccc(F)c(Br)c2)NO)CC([2H])([2H])S1(=O)=O.[2H]N(c1nonc1-c1noc(=O)n1-c1ccc(F)c(Br)c1)C1CC([2H])([2H])S(=O)(=O)C([2H])([2H])C1. The van der Waals surface area contributed by atoms with Gasteiger partial charge >= 0.3 is 5.76 Å². The number of hydrogen-bond donors (Lipinski definition) is 4. The average Bonchev–Trinajstić information content (AvgIpc) is 3.94. The van der Waals surface area contributed by atoms with Crippen LogP contribution >= 0.6 is 31.9 Å². The summed E-state index contributed by atoms with van der Waals surface area (Å²) in [4.78, 5) is 16.3. The maximum atomic E-state index is 13.6. The fourth-order valence-electron chi connectivity index (χ4n) is 4.55. The summed E-state index contributed by atoms with van der Waals surface area (Å²) in [5, 5.41) is 30.7. The van der Waals surface area contributed by atoms with Gasteiger partial charge in [0, 0.05) is 23.0 Å². The molecule has 0 unspecified atom stereocenters. The summed E-state index contributed by atoms with van der Waals surface area (Å²) >= 11 is 6.01. The predicted octanol–water partition coefficient (Wildman–Crippen LogP) is 3.78. The van der Waals surface area contributed by atoms with E-state index in [4.69, 9.17) is 12.4 Å². The highest BCUT2D eigenvalue weighted by atomic mass is 79.9. The number of anilines is 2. The van der Waals surface area contributed by atoms with Crippen molar-refractivity contribution in [1.29, 1.82) is 0 Å². The number of halogens is 4. The summed E-state index contributed by atoms with van der Waals surface area (Å²) < 4.78 is 161. The molecular formula is C29H28Br2F2N10O9S2. The first-order valence-corrected chi connectivity index (χ1v) is 19.4. The molecule has 0 saturated carbocycles. The number of sulfone groups is 2. The molecule has 2 aliphatic heterocycles. The van der Waals surface area contributed by atoms with E-state index in [0.29, 0.717) is 5.31 Å². The summed E-state index contributed by atoms with van der Waals surface area (Å²) in [7, 11) is -9.47. The molecule has 288 valence electrons. The van der Waals surface area contributed by atoms with E-state index >= 15 is 0 Å². The Bertz CT molecular complexity index is 2820. The first-order valence-electron chi connectivity index (χ1n) is 19.3. The van der Waals surface area contributed by atoms with Crippen LogP contribution in [0.5, 0.6) is 0 Å². The Labute approximate surface area is 333 Å². The van der Waals surface area contributed by atoms with Crippen LogP contribution in [0.15, 0.2) is 68.9 Å². The number of rotatable bonds is 8. The zero-order chi connectivity index (χ0) is 46.7. The van der Waals surface area contributed by atoms with Crippen LogP contribution in [0.2, 0.25) is 1.41 Å². The normalized spacial score (nSPS) is 23.6. The van der Waals surface area contributed by atoms with E-state index in [0.717, 1.165) is 16.7 Å². The van der Waals surface area contributed by atoms with Crippen molar-refractivity contribution in [2.24, 2.45) is 4.99 Å². The molecule has 0 spiro atoms. The minimum Gasteiger partial charge on any atom is -0.362 e. The van der Waals surface area contributed by atoms with Crippen molar-refractivity contribution in [1.82, 2.24) is 35.8 Å². The summed E-state index contributed by atoms with van der Waals surface area (Å²) in [5.74, 6) is -3.17. The largest absolute Gasteiger partial charge is 0.446 e. The van der Waals surface area contributed by atoms with Gasteiger partial charge in [-0.15, -0.1) is 0 Å². The van der Waals surface area contributed by atoms with Gasteiger partial charge in [-0.2, -0.15) is 0 Å². The summed E-state index contributed by atoms with van der Waals surface area (Å²) in [5.41, 5.74) is -9.82. The third-order valence-corrected chi connectivity index (χ3v) is 10.5. The first-order chi connectivity index (χ1) is 29.1. The molecule has 4 N–H and O–H groups in total. The van der Waals surface area contributed by atoms with E-state index in [9.17, 15) is 35.6 Å². The number of aromatic nitrogens is 6. The highest BCUT2D eigenvalue weighted by Crippen LogP contribution is 2.28. The number of amidine groups is 1. The van der Waals surface area contributed by atoms with Gasteiger partial charge in [-0.1, -0.05) is 5.16 Å². The summed E-state index contributed by atoms with van der Waals surface area (Å²) in [6.45, 7) is 0. The van der Waals surface area contributed by atoms with Gasteiger partial charge in [-0.05, 0) is 115 Å². The molecule has 5 aromatic rings. The lowest BCUT2D eigenvalue weighted by Gasteiger charge is -2.22. The second kappa shape index (κ2) is 16.4. The fraction of sp³-hybridized carbons (Fsp3) is 0.345. The van der Waals surface area contributed by atoms with Crippen molar-refractivity contribution >= 4 is 74.7 Å². The topological polar surface area (TPSA) is 263 Å². The highest BCUT2D eigenvalue weighted by Gasteiger charge is 2.29. The zero-order valence-electron chi connectivity index (χ0n) is 35.6. The second-order valence-corrected chi connectivity index (χ2v) is 15.7. The molecule has 0 radical (unpaired) electrons. The molecule has 2 aliphatic rings. The van der Waals surface area contributed by atoms with Gasteiger partial charge in [-0.25, -0.2) is 49.2 Å². The van der Waals surface area contributed by atoms with Crippen LogP contribution in [0.3, 0.4) is 0 Å². The predicted molar refractivity (Wildman–Crippen MR) is 193 cm³/mol. The standard InChI is InChI=1S/C15H13BrFN5O5S.C14H15BrFN5O4S/c16-10-7-9(1-2-11(10)17)22-14(21-26-15(22)23)12-13(20-27-19-12)18-8-3-5-28(24,25)6-4-8;15-10-7-9(1-2-11(10)16)18-13(19-22)12-14(21-25-20-12)17-8-3-5-26(23,24)6-4-8/h1-2,7-8H,3-6H2,(H,18,20);1-2,7-8,22H,3-6H2,(H,17,21)(H,18,19)/i2*5D2,6D2/hD. The molecule has 25 heteroatoms. The Morgan fingerprint density at radius 1 is 0.870 bits per heavy atom. The first kappa shape index (κ1) is 28.8. The lowest BCUT2D eigenvalue weighted by molar-refractivity contribution is 0.234. The van der Waals surface area contributed by atoms with Crippen LogP contribution in [-0.4, -0.2) is 93.1 Å². The second-order valence-electron chi connectivity index (χ2n) is 10.8. The molecule has 7 rings (SSSR count). The highest BCUT2D eigenvalue weighted by molar-refractivity contribution is 9.10. The van der Waals surface area contributed by atoms with Crippen LogP contribution in [0.4, 0.5) is 26.1 Å². The quantitative estimate of drug-likeness (QED) is 0.0980. The van der Waals surface area contributed by atoms with E-state index in [2.05, 4.69) is 81.7 Å². The maximum absolute atomic E-state index is 13.6. The lowest BCUT2D eigenvalue weighted by Crippen LogP contribution is -2.33. The van der Waals surface area contributed by atoms with E-state index in [-0.39, 0.29) is 49.2 Å². The molecule has 2 fully saturated rings. The average molecular weight is 932 g/mol. The van der Waals surface area contributed by atoms with E-state index in [1.807, 2.05) is 0 Å². The third kappa shape index (κ3) is 9.37. The number of aliphatic imine (C=N–C) groups is 1. The summed E-state index contributed by atoms with van der Waals surface area (Å²) in [6.07, 6.45) is -2.57. The van der Waals surface area contributed by atoms with Gasteiger partial charge in [0.15, 0.2) is 18.6 Å². The van der Waals surface area contributed by atoms with E-state index < -0.39 is 103 Å². The minimum absolute atomic E-state index is 0.0348. The number of hydroxylamine groups is 1. The number of nitrogens with zero attached hydrogens (tertiary/aromatic N) is 7. The van der Waals surface area contributed by atoms with Crippen molar-refractivity contribution in [3.63, 3.8) is 0 Å². The summed E-state index contributed by atoms with van der Waals surface area (Å²) in [6, 6.07) is 5.12. The Morgan fingerprint density at radius 2 is 1.46 bits per heavy atom. The van der Waals surface area contributed by atoms with Gasteiger partial charge in [0.05, 0.1) is 43.1 Å². The van der Waals surface area contributed by atoms with E-state index in [1.165, 1.54) is 24.3 Å². The van der Waals surface area contributed by atoms with Gasteiger partial charge < -0.3 is 10.6 Å². The van der Waals surface area contributed by atoms with Crippen LogP contribution < -0.4 is 21.9 Å². The van der Waals surface area contributed by atoms with Crippen LogP contribution in [0.25, 0.3) is 17.2 Å². The Hall–Kier alpha value is -4.59. The Balaban J connectivity index is 0.000000211. The smallest absolute Gasteiger partial charge is 0.362 e. The van der Waals surface area contributed by atoms with Gasteiger partial charge in [0.1, 0.15) is 31.3 Å². The molecule has 3 aromatic heterocycles. The molecule has 0 amide bonds. The van der Waals surface area contributed by atoms with Gasteiger partial charge in [0.25, 0.3) is 0 Å². The lowest BCUT2D eigenvalue weighted by atomic mass is 10.1. The zero-order valence-corrected chi connectivity index (χ0v) is 31.4. The monoisotopic (exact) mass is 929 g/mol. The maximum Gasteiger partial charge on any atom is 0.446 e. The molecule has 0 aliphatic carbocycles. The van der Waals surface area contributed by atoms with Crippen molar-refractivity contribution < 1.29 is 57.0 Å². The molecule has 5 heterocycles. The minimum atomic E-state index is -4.79. The number of hydrogen-bond acceptors (Lipinski definition) is 17. The molecular weight excluding hydrogens is 894 g/mol. The van der Waals surface area contributed by atoms with Crippen molar-refractivity contribution in [3.05, 3.63) is 73.2 Å². The van der Waals surface area contributed by atoms with Crippen molar-refractivity contribution in [2.45, 2.75) is 37.8 Å².